The normalized spacial score (nSPS) is 11.4. The van der Waals surface area contributed by atoms with Crippen molar-refractivity contribution in [3.8, 4) is 5.75 Å². The second-order valence-corrected chi connectivity index (χ2v) is 3.42. The summed E-state index contributed by atoms with van der Waals surface area (Å²) in [5.41, 5.74) is -0.392. The van der Waals surface area contributed by atoms with Gasteiger partial charge in [-0.1, -0.05) is 0 Å². The van der Waals surface area contributed by atoms with E-state index in [4.69, 9.17) is 0 Å². The molecule has 88 valence electrons. The van der Waals surface area contributed by atoms with E-state index >= 15 is 0 Å². The van der Waals surface area contributed by atoms with E-state index in [9.17, 15) is 18.0 Å². The summed E-state index contributed by atoms with van der Waals surface area (Å²) < 4.78 is 42.5. The molecule has 0 aromatic heterocycles. The fraction of sp³-hybridized carbons (Fsp3) is 0.364. The Balaban J connectivity index is 3.47. The lowest BCUT2D eigenvalue weighted by Gasteiger charge is -2.14. The zero-order valence-electron chi connectivity index (χ0n) is 9.11. The zero-order chi connectivity index (χ0) is 12.5. The maximum absolute atomic E-state index is 12.6. The minimum Gasteiger partial charge on any atom is -0.496 e. The van der Waals surface area contributed by atoms with Crippen molar-refractivity contribution in [2.75, 3.05) is 7.11 Å². The van der Waals surface area contributed by atoms with Gasteiger partial charge in [0.25, 0.3) is 0 Å². The number of rotatable bonds is 2. The Morgan fingerprint density at radius 3 is 2.25 bits per heavy atom. The summed E-state index contributed by atoms with van der Waals surface area (Å²) in [5, 5.41) is 0. The number of ketones is 1. The Kier molecular flexibility index (Phi) is 3.26. The van der Waals surface area contributed by atoms with E-state index in [1.165, 1.54) is 13.0 Å². The van der Waals surface area contributed by atoms with Crippen molar-refractivity contribution in [2.45, 2.75) is 20.0 Å². The van der Waals surface area contributed by atoms with Crippen LogP contribution >= 0.6 is 0 Å². The monoisotopic (exact) mass is 232 g/mol. The van der Waals surface area contributed by atoms with Crippen LogP contribution in [0.5, 0.6) is 5.75 Å². The number of ether oxygens (including phenoxy) is 1. The van der Waals surface area contributed by atoms with Crippen LogP contribution in [0.3, 0.4) is 0 Å². The molecule has 0 saturated carbocycles. The Morgan fingerprint density at radius 1 is 1.31 bits per heavy atom. The molecule has 0 amide bonds. The summed E-state index contributed by atoms with van der Waals surface area (Å²) in [7, 11) is 1.16. The maximum atomic E-state index is 12.6. The van der Waals surface area contributed by atoms with Crippen LogP contribution in [0.2, 0.25) is 0 Å². The second-order valence-electron chi connectivity index (χ2n) is 3.42. The third-order valence-electron chi connectivity index (χ3n) is 2.23. The van der Waals surface area contributed by atoms with Gasteiger partial charge in [-0.05, 0) is 31.5 Å². The lowest BCUT2D eigenvalue weighted by molar-refractivity contribution is -0.138. The topological polar surface area (TPSA) is 26.3 Å². The van der Waals surface area contributed by atoms with Crippen LogP contribution in [0.25, 0.3) is 0 Å². The highest BCUT2D eigenvalue weighted by molar-refractivity contribution is 5.96. The molecule has 0 aliphatic heterocycles. The quantitative estimate of drug-likeness (QED) is 0.732. The molecule has 0 bridgehead atoms. The predicted octanol–water partition coefficient (Wildman–Crippen LogP) is 3.23. The van der Waals surface area contributed by atoms with Gasteiger partial charge < -0.3 is 4.74 Å². The third kappa shape index (κ3) is 2.35. The average Bonchev–Trinajstić information content (AvgIpc) is 2.14. The van der Waals surface area contributed by atoms with Gasteiger partial charge in [0, 0.05) is 5.56 Å². The molecule has 1 rings (SSSR count). The van der Waals surface area contributed by atoms with Gasteiger partial charge in [0.1, 0.15) is 5.75 Å². The molecule has 0 aliphatic carbocycles. The smallest absolute Gasteiger partial charge is 0.419 e. The number of halogens is 3. The van der Waals surface area contributed by atoms with Crippen molar-refractivity contribution < 1.29 is 22.7 Å². The maximum Gasteiger partial charge on any atom is 0.419 e. The van der Waals surface area contributed by atoms with Gasteiger partial charge in [-0.25, -0.2) is 0 Å². The molecular formula is C11H11F3O2. The van der Waals surface area contributed by atoms with Crippen LogP contribution in [0, 0.1) is 6.92 Å². The SMILES string of the molecule is COc1cc(C)c(C(C)=O)cc1C(F)(F)F. The first-order valence-electron chi connectivity index (χ1n) is 4.54. The van der Waals surface area contributed by atoms with Crippen molar-refractivity contribution in [1.29, 1.82) is 0 Å². The van der Waals surface area contributed by atoms with Gasteiger partial charge in [0.05, 0.1) is 12.7 Å². The number of Topliss-reactive ketones (excluding diaryl/α,β-unsaturated/α-hetero) is 1. The van der Waals surface area contributed by atoms with Crippen LogP contribution in [-0.4, -0.2) is 12.9 Å². The molecule has 5 heteroatoms. The van der Waals surface area contributed by atoms with Crippen molar-refractivity contribution in [3.05, 3.63) is 28.8 Å². The molecule has 0 aliphatic rings. The number of aryl methyl sites for hydroxylation is 1. The van der Waals surface area contributed by atoms with Gasteiger partial charge in [0.15, 0.2) is 5.78 Å². The van der Waals surface area contributed by atoms with E-state index in [1.807, 2.05) is 0 Å². The Bertz CT molecular complexity index is 422. The van der Waals surface area contributed by atoms with E-state index in [2.05, 4.69) is 4.74 Å². The highest BCUT2D eigenvalue weighted by Crippen LogP contribution is 2.37. The third-order valence-corrected chi connectivity index (χ3v) is 2.23. The zero-order valence-corrected chi connectivity index (χ0v) is 9.11. The van der Waals surface area contributed by atoms with Crippen molar-refractivity contribution in [1.82, 2.24) is 0 Å². The first-order chi connectivity index (χ1) is 7.27. The number of hydrogen-bond acceptors (Lipinski definition) is 2. The molecule has 0 radical (unpaired) electrons. The van der Waals surface area contributed by atoms with E-state index in [0.29, 0.717) is 5.56 Å². The first kappa shape index (κ1) is 12.5. The minimum absolute atomic E-state index is 0.0631. The standard InChI is InChI=1S/C11H11F3O2/c1-6-4-10(16-3)9(11(12,13)14)5-8(6)7(2)15/h4-5H,1-3H3. The lowest BCUT2D eigenvalue weighted by atomic mass is 10.0. The number of carbonyl (C=O) groups is 1. The van der Waals surface area contributed by atoms with Crippen molar-refractivity contribution >= 4 is 5.78 Å². The summed E-state index contributed by atoms with van der Waals surface area (Å²) in [6, 6.07) is 2.05. The van der Waals surface area contributed by atoms with Gasteiger partial charge in [-0.3, -0.25) is 4.79 Å². The van der Waals surface area contributed by atoms with E-state index in [1.54, 1.807) is 6.92 Å². The average molecular weight is 232 g/mol. The summed E-state index contributed by atoms with van der Waals surface area (Å²) in [5.74, 6) is -0.666. The molecule has 0 fully saturated rings. The Labute approximate surface area is 91.0 Å². The molecule has 16 heavy (non-hydrogen) atoms. The molecule has 1 aromatic rings. The molecule has 0 heterocycles. The van der Waals surface area contributed by atoms with Crippen LogP contribution in [-0.2, 0) is 6.18 Å². The number of hydrogen-bond donors (Lipinski definition) is 0. The highest BCUT2D eigenvalue weighted by Gasteiger charge is 2.35. The molecule has 0 unspecified atom stereocenters. The number of alkyl halides is 3. The Hall–Kier alpha value is -1.52. The van der Waals surface area contributed by atoms with Crippen LogP contribution in [0.15, 0.2) is 12.1 Å². The van der Waals surface area contributed by atoms with Crippen molar-refractivity contribution in [3.63, 3.8) is 0 Å². The fourth-order valence-electron chi connectivity index (χ4n) is 1.45. The second kappa shape index (κ2) is 4.15. The van der Waals surface area contributed by atoms with E-state index in [-0.39, 0.29) is 11.3 Å². The molecular weight excluding hydrogens is 221 g/mol. The minimum atomic E-state index is -4.52. The van der Waals surface area contributed by atoms with Crippen molar-refractivity contribution in [2.24, 2.45) is 0 Å². The summed E-state index contributed by atoms with van der Waals surface area (Å²) in [4.78, 5) is 11.1. The molecule has 2 nitrogen and oxygen atoms in total. The summed E-state index contributed by atoms with van der Waals surface area (Å²) >= 11 is 0. The van der Waals surface area contributed by atoms with Gasteiger partial charge in [-0.15, -0.1) is 0 Å². The van der Waals surface area contributed by atoms with Crippen LogP contribution in [0.1, 0.15) is 28.4 Å². The van der Waals surface area contributed by atoms with Crippen LogP contribution in [0.4, 0.5) is 13.2 Å². The predicted molar refractivity (Wildman–Crippen MR) is 52.7 cm³/mol. The molecule has 0 atom stereocenters. The number of carbonyl (C=O) groups excluding carboxylic acids is 1. The van der Waals surface area contributed by atoms with E-state index < -0.39 is 17.5 Å². The van der Waals surface area contributed by atoms with Crippen LogP contribution < -0.4 is 4.74 Å². The van der Waals surface area contributed by atoms with Gasteiger partial charge in [0.2, 0.25) is 0 Å². The fourth-order valence-corrected chi connectivity index (χ4v) is 1.45. The highest BCUT2D eigenvalue weighted by atomic mass is 19.4. The summed E-state index contributed by atoms with van der Waals surface area (Å²) in [6.45, 7) is 2.80. The molecule has 0 saturated heterocycles. The molecule has 0 spiro atoms. The molecule has 0 N–H and O–H groups in total. The molecule has 1 aromatic carbocycles. The number of benzene rings is 1. The number of methoxy groups -OCH3 is 1. The largest absolute Gasteiger partial charge is 0.496 e. The first-order valence-corrected chi connectivity index (χ1v) is 4.54. The van der Waals surface area contributed by atoms with Gasteiger partial charge >= 0.3 is 6.18 Å². The van der Waals surface area contributed by atoms with Gasteiger partial charge in [-0.2, -0.15) is 13.2 Å². The lowest BCUT2D eigenvalue weighted by Crippen LogP contribution is -2.10. The Morgan fingerprint density at radius 2 is 1.88 bits per heavy atom. The summed E-state index contributed by atoms with van der Waals surface area (Å²) in [6.07, 6.45) is -4.52. The van der Waals surface area contributed by atoms with E-state index in [0.717, 1.165) is 13.2 Å².